The zero-order valence-corrected chi connectivity index (χ0v) is 18.2. The van der Waals surface area contributed by atoms with E-state index >= 15 is 0 Å². The molecule has 6 heteroatoms. The van der Waals surface area contributed by atoms with E-state index in [-0.39, 0.29) is 10.8 Å². The molecule has 3 rings (SSSR count). The second-order valence-corrected chi connectivity index (χ2v) is 9.71. The van der Waals surface area contributed by atoms with Crippen molar-refractivity contribution < 1.29 is 13.2 Å². The maximum Gasteiger partial charge on any atom is 0.251 e. The van der Waals surface area contributed by atoms with Crippen molar-refractivity contribution in [1.29, 1.82) is 0 Å². The Kier molecular flexibility index (Phi) is 6.39. The first-order chi connectivity index (χ1) is 14.2. The lowest BCUT2D eigenvalue weighted by Crippen LogP contribution is -2.39. The molecular weight excluding hydrogens is 396 g/mol. The van der Waals surface area contributed by atoms with Crippen molar-refractivity contribution in [2.75, 3.05) is 20.6 Å². The van der Waals surface area contributed by atoms with Gasteiger partial charge in [-0.3, -0.25) is 4.79 Å². The van der Waals surface area contributed by atoms with Gasteiger partial charge in [0.15, 0.2) is 0 Å². The molecule has 156 valence electrons. The predicted octanol–water partition coefficient (Wildman–Crippen LogP) is 3.67. The molecule has 1 N–H and O–H groups in total. The van der Waals surface area contributed by atoms with Crippen LogP contribution in [0.1, 0.15) is 28.4 Å². The van der Waals surface area contributed by atoms with Crippen LogP contribution in [0.25, 0.3) is 0 Å². The Morgan fingerprint density at radius 3 is 1.73 bits per heavy atom. The van der Waals surface area contributed by atoms with Crippen LogP contribution in [0, 0.1) is 0 Å². The first-order valence-electron chi connectivity index (χ1n) is 9.67. The summed E-state index contributed by atoms with van der Waals surface area (Å²) in [5.41, 5.74) is 2.20. The monoisotopic (exact) mass is 422 g/mol. The van der Waals surface area contributed by atoms with Gasteiger partial charge in [0.1, 0.15) is 0 Å². The van der Waals surface area contributed by atoms with E-state index in [9.17, 15) is 13.2 Å². The first-order valence-corrected chi connectivity index (χ1v) is 11.1. The zero-order valence-electron chi connectivity index (χ0n) is 17.4. The highest BCUT2D eigenvalue weighted by Crippen LogP contribution is 2.31. The van der Waals surface area contributed by atoms with Gasteiger partial charge in [-0.1, -0.05) is 60.7 Å². The van der Waals surface area contributed by atoms with E-state index in [2.05, 4.69) is 36.5 Å². The summed E-state index contributed by atoms with van der Waals surface area (Å²) in [6.45, 7) is 2.50. The van der Waals surface area contributed by atoms with Gasteiger partial charge in [0.25, 0.3) is 5.91 Å². The summed E-state index contributed by atoms with van der Waals surface area (Å²) in [6, 6.07) is 26.1. The Balaban J connectivity index is 1.82. The molecule has 0 radical (unpaired) electrons. The summed E-state index contributed by atoms with van der Waals surface area (Å²) in [6.07, 6.45) is 0. The van der Waals surface area contributed by atoms with Crippen LogP contribution >= 0.6 is 0 Å². The van der Waals surface area contributed by atoms with Crippen LogP contribution in [0.3, 0.4) is 0 Å². The van der Waals surface area contributed by atoms with Crippen LogP contribution in [0.4, 0.5) is 0 Å². The summed E-state index contributed by atoms with van der Waals surface area (Å²) >= 11 is 0. The average molecular weight is 423 g/mol. The van der Waals surface area contributed by atoms with E-state index in [0.717, 1.165) is 15.4 Å². The normalized spacial score (nSPS) is 12.0. The molecule has 3 aromatic carbocycles. The Bertz CT molecular complexity index is 1050. The highest BCUT2D eigenvalue weighted by atomic mass is 32.2. The van der Waals surface area contributed by atoms with Gasteiger partial charge in [-0.05, 0) is 42.3 Å². The van der Waals surface area contributed by atoms with E-state index in [0.29, 0.717) is 12.1 Å². The Labute approximate surface area is 178 Å². The molecule has 0 saturated heterocycles. The summed E-state index contributed by atoms with van der Waals surface area (Å²) in [7, 11) is -0.573. The van der Waals surface area contributed by atoms with Gasteiger partial charge in [-0.15, -0.1) is 0 Å². The van der Waals surface area contributed by atoms with Crippen molar-refractivity contribution >= 4 is 15.9 Å². The van der Waals surface area contributed by atoms with Gasteiger partial charge < -0.3 is 5.32 Å². The van der Waals surface area contributed by atoms with E-state index < -0.39 is 15.4 Å². The van der Waals surface area contributed by atoms with E-state index in [1.165, 1.54) is 38.4 Å². The lowest BCUT2D eigenvalue weighted by Gasteiger charge is -2.31. The molecule has 0 saturated carbocycles. The largest absolute Gasteiger partial charge is 0.351 e. The van der Waals surface area contributed by atoms with Crippen molar-refractivity contribution in [1.82, 2.24) is 9.62 Å². The smallest absolute Gasteiger partial charge is 0.251 e. The fourth-order valence-corrected chi connectivity index (χ4v) is 4.23. The van der Waals surface area contributed by atoms with Gasteiger partial charge in [-0.2, -0.15) is 0 Å². The summed E-state index contributed by atoms with van der Waals surface area (Å²) in [5.74, 6) is -0.248. The van der Waals surface area contributed by atoms with Gasteiger partial charge in [-0.25, -0.2) is 12.7 Å². The minimum atomic E-state index is -3.53. The summed E-state index contributed by atoms with van der Waals surface area (Å²) in [5, 5.41) is 3.02. The number of hydrogen-bond acceptors (Lipinski definition) is 3. The van der Waals surface area contributed by atoms with Crippen molar-refractivity contribution in [3.8, 4) is 0 Å². The highest BCUT2D eigenvalue weighted by Gasteiger charge is 2.29. The zero-order chi connectivity index (χ0) is 21.8. The molecule has 1 amide bonds. The van der Waals surface area contributed by atoms with Crippen molar-refractivity contribution in [2.45, 2.75) is 17.2 Å². The number of benzene rings is 3. The number of rotatable bonds is 7. The molecule has 5 nitrogen and oxygen atoms in total. The lowest BCUT2D eigenvalue weighted by atomic mass is 9.76. The van der Waals surface area contributed by atoms with Gasteiger partial charge in [0.05, 0.1) is 4.90 Å². The van der Waals surface area contributed by atoms with Crippen LogP contribution in [0.2, 0.25) is 0 Å². The second-order valence-electron chi connectivity index (χ2n) is 7.56. The third-order valence-electron chi connectivity index (χ3n) is 5.32. The maximum absolute atomic E-state index is 12.8. The van der Waals surface area contributed by atoms with Crippen LogP contribution in [-0.2, 0) is 15.4 Å². The van der Waals surface area contributed by atoms with Crippen LogP contribution in [-0.4, -0.2) is 39.3 Å². The number of carbonyl (C=O) groups excluding carboxylic acids is 1. The molecule has 0 unspecified atom stereocenters. The van der Waals surface area contributed by atoms with E-state index in [4.69, 9.17) is 0 Å². The minimum Gasteiger partial charge on any atom is -0.351 e. The Morgan fingerprint density at radius 1 is 0.833 bits per heavy atom. The third kappa shape index (κ3) is 4.45. The van der Waals surface area contributed by atoms with Gasteiger partial charge >= 0.3 is 0 Å². The van der Waals surface area contributed by atoms with Crippen molar-refractivity contribution in [3.05, 3.63) is 102 Å². The molecule has 0 aliphatic heterocycles. The maximum atomic E-state index is 12.8. The number of carbonyl (C=O) groups is 1. The minimum absolute atomic E-state index is 0.155. The number of amides is 1. The van der Waals surface area contributed by atoms with E-state index in [1.54, 1.807) is 0 Å². The quantitative estimate of drug-likeness (QED) is 0.632. The van der Waals surface area contributed by atoms with Crippen LogP contribution in [0.15, 0.2) is 89.8 Å². The number of nitrogens with one attached hydrogen (secondary N) is 1. The second kappa shape index (κ2) is 8.81. The fourth-order valence-electron chi connectivity index (χ4n) is 3.33. The Hall–Kier alpha value is -2.96. The summed E-state index contributed by atoms with van der Waals surface area (Å²) < 4.78 is 25.6. The lowest BCUT2D eigenvalue weighted by molar-refractivity contribution is 0.0947. The summed E-state index contributed by atoms with van der Waals surface area (Å²) in [4.78, 5) is 12.9. The molecule has 3 aromatic rings. The topological polar surface area (TPSA) is 66.5 Å². The standard InChI is InChI=1S/C24H26N2O3S/c1-24(20-10-6-4-7-11-20,21-12-8-5-9-13-21)18-25-23(27)19-14-16-22(17-15-19)30(28,29)26(2)3/h4-17H,18H2,1-3H3,(H,25,27). The van der Waals surface area contributed by atoms with Crippen LogP contribution in [0.5, 0.6) is 0 Å². The molecule has 30 heavy (non-hydrogen) atoms. The van der Waals surface area contributed by atoms with Gasteiger partial charge in [0.2, 0.25) is 10.0 Å². The highest BCUT2D eigenvalue weighted by molar-refractivity contribution is 7.89. The number of nitrogens with zero attached hydrogens (tertiary/aromatic N) is 1. The first kappa shape index (κ1) is 21.7. The molecule has 0 spiro atoms. The van der Waals surface area contributed by atoms with E-state index in [1.807, 2.05) is 36.4 Å². The molecular formula is C24H26N2O3S. The molecule has 0 aromatic heterocycles. The number of sulfonamides is 1. The Morgan fingerprint density at radius 2 is 1.30 bits per heavy atom. The van der Waals surface area contributed by atoms with Crippen molar-refractivity contribution in [2.24, 2.45) is 0 Å². The van der Waals surface area contributed by atoms with Crippen molar-refractivity contribution in [3.63, 3.8) is 0 Å². The number of hydrogen-bond donors (Lipinski definition) is 1. The van der Waals surface area contributed by atoms with Crippen LogP contribution < -0.4 is 5.32 Å². The molecule has 0 fully saturated rings. The molecule has 0 aliphatic rings. The molecule has 0 bridgehead atoms. The fraction of sp³-hybridized carbons (Fsp3) is 0.208. The van der Waals surface area contributed by atoms with Gasteiger partial charge in [0, 0.05) is 31.6 Å². The molecule has 0 heterocycles. The molecule has 0 aliphatic carbocycles. The average Bonchev–Trinajstić information content (AvgIpc) is 2.78. The SMILES string of the molecule is CN(C)S(=O)(=O)c1ccc(C(=O)NCC(C)(c2ccccc2)c2ccccc2)cc1. The third-order valence-corrected chi connectivity index (χ3v) is 7.15. The predicted molar refractivity (Wildman–Crippen MR) is 119 cm³/mol. The molecule has 0 atom stereocenters.